The number of rotatable bonds is 76. The minimum atomic E-state index is -4.96. The van der Waals surface area contributed by atoms with E-state index in [1.54, 1.807) is 0 Å². The van der Waals surface area contributed by atoms with Gasteiger partial charge in [0, 0.05) is 25.7 Å². The highest BCUT2D eigenvalue weighted by molar-refractivity contribution is 7.47. The molecule has 0 spiro atoms. The topological polar surface area (TPSA) is 237 Å². The van der Waals surface area contributed by atoms with Crippen molar-refractivity contribution >= 4 is 39.5 Å². The molecule has 96 heavy (non-hydrogen) atoms. The van der Waals surface area contributed by atoms with Gasteiger partial charge in [-0.2, -0.15) is 0 Å². The molecule has 5 atom stereocenters. The first kappa shape index (κ1) is 94.1. The van der Waals surface area contributed by atoms with Crippen LogP contribution < -0.4 is 0 Å². The number of phosphoric acid groups is 2. The lowest BCUT2D eigenvalue weighted by Crippen LogP contribution is -2.30. The zero-order chi connectivity index (χ0) is 70.7. The second-order valence-electron chi connectivity index (χ2n) is 28.7. The highest BCUT2D eigenvalue weighted by atomic mass is 31.2. The van der Waals surface area contributed by atoms with Gasteiger partial charge in [-0.25, -0.2) is 9.13 Å². The van der Waals surface area contributed by atoms with Gasteiger partial charge < -0.3 is 33.8 Å². The molecule has 0 aliphatic heterocycles. The molecule has 0 aliphatic rings. The van der Waals surface area contributed by atoms with E-state index in [1.165, 1.54) is 218 Å². The maximum Gasteiger partial charge on any atom is 0.472 e. The van der Waals surface area contributed by atoms with Crippen LogP contribution in [0.1, 0.15) is 401 Å². The van der Waals surface area contributed by atoms with Gasteiger partial charge in [0.05, 0.1) is 26.4 Å². The minimum Gasteiger partial charge on any atom is -0.462 e. The van der Waals surface area contributed by atoms with E-state index >= 15 is 0 Å². The van der Waals surface area contributed by atoms with Crippen molar-refractivity contribution in [1.29, 1.82) is 0 Å². The number of carbonyl (C=O) groups is 4. The van der Waals surface area contributed by atoms with Gasteiger partial charge in [-0.3, -0.25) is 37.3 Å². The third-order valence-corrected chi connectivity index (χ3v) is 19.9. The number of phosphoric ester groups is 2. The van der Waals surface area contributed by atoms with Crippen LogP contribution in [0.5, 0.6) is 0 Å². The Kier molecular flexibility index (Phi) is 67.4. The van der Waals surface area contributed by atoms with E-state index in [-0.39, 0.29) is 25.7 Å². The summed E-state index contributed by atoms with van der Waals surface area (Å²) in [5.41, 5.74) is 0. The maximum absolute atomic E-state index is 13.1. The number of unbranched alkanes of at least 4 members (excludes halogenated alkanes) is 46. The Morgan fingerprint density at radius 1 is 0.281 bits per heavy atom. The summed E-state index contributed by atoms with van der Waals surface area (Å²) in [6.07, 6.45) is 57.1. The van der Waals surface area contributed by atoms with Crippen LogP contribution in [0.2, 0.25) is 0 Å². The second-order valence-corrected chi connectivity index (χ2v) is 31.6. The fourth-order valence-electron chi connectivity index (χ4n) is 11.8. The van der Waals surface area contributed by atoms with E-state index in [1.807, 2.05) is 0 Å². The normalized spacial score (nSPS) is 14.0. The summed E-state index contributed by atoms with van der Waals surface area (Å²) in [5, 5.41) is 10.6. The van der Waals surface area contributed by atoms with Crippen molar-refractivity contribution in [3.63, 3.8) is 0 Å². The summed E-state index contributed by atoms with van der Waals surface area (Å²) in [7, 11) is -9.91. The molecule has 0 saturated heterocycles. The Morgan fingerprint density at radius 2 is 0.479 bits per heavy atom. The van der Waals surface area contributed by atoms with Gasteiger partial charge in [0.2, 0.25) is 0 Å². The SMILES string of the molecule is CCCCCCCCCCCCCCCCCCC(=O)OC[C@H](COP(=O)(O)OC[C@@H](O)COP(=O)(O)OC[C@@H](COC(=O)CCCCCCCCCCC)OC(=O)CCCCCCCCCC(C)C)OC(=O)CCCCCCCCCCCCCCCCCCCCC(C)C. The van der Waals surface area contributed by atoms with Crippen LogP contribution in [-0.4, -0.2) is 96.7 Å². The van der Waals surface area contributed by atoms with Gasteiger partial charge in [-0.1, -0.05) is 350 Å². The first-order chi connectivity index (χ1) is 46.4. The van der Waals surface area contributed by atoms with Crippen molar-refractivity contribution in [3.05, 3.63) is 0 Å². The molecule has 0 aliphatic carbocycles. The fourth-order valence-corrected chi connectivity index (χ4v) is 13.4. The summed E-state index contributed by atoms with van der Waals surface area (Å²) >= 11 is 0. The second kappa shape index (κ2) is 68.8. The molecule has 570 valence electrons. The lowest BCUT2D eigenvalue weighted by Gasteiger charge is -2.21. The molecule has 0 aromatic carbocycles. The monoisotopic (exact) mass is 1410 g/mol. The third-order valence-electron chi connectivity index (χ3n) is 18.0. The van der Waals surface area contributed by atoms with E-state index < -0.39 is 97.5 Å². The highest BCUT2D eigenvalue weighted by Crippen LogP contribution is 2.45. The third kappa shape index (κ3) is 70.5. The molecule has 0 heterocycles. The van der Waals surface area contributed by atoms with Crippen LogP contribution >= 0.6 is 15.6 Å². The molecule has 0 aromatic heterocycles. The van der Waals surface area contributed by atoms with Gasteiger partial charge in [-0.05, 0) is 37.5 Å². The van der Waals surface area contributed by atoms with Crippen LogP contribution in [-0.2, 0) is 65.4 Å². The molecule has 19 heteroatoms. The Labute approximate surface area is 588 Å². The van der Waals surface area contributed by atoms with Crippen molar-refractivity contribution in [3.8, 4) is 0 Å². The molecule has 0 fully saturated rings. The standard InChI is InChI=1S/C77H150O17P2/c1-7-9-11-13-15-17-18-19-20-26-29-32-36-42-48-54-60-75(80)88-65-72(93-76(81)61-55-49-43-37-33-30-27-24-22-21-23-25-28-31-35-39-45-51-57-69(3)4)67-91-95(83,84)89-63-71(78)64-90-96(85,86)92-68-73(66-87-74(79)59-53-47-41-34-16-14-12-10-8-2)94-77(82)62-56-50-44-38-40-46-52-58-70(5)6/h69-73,78H,7-68H2,1-6H3,(H,83,84)(H,85,86)/t71-,72-,73-/m1/s1. The van der Waals surface area contributed by atoms with E-state index in [0.29, 0.717) is 31.6 Å². The average molecular weight is 1410 g/mol. The first-order valence-corrected chi connectivity index (χ1v) is 43.0. The van der Waals surface area contributed by atoms with E-state index in [9.17, 15) is 43.2 Å². The number of hydrogen-bond acceptors (Lipinski definition) is 15. The van der Waals surface area contributed by atoms with Gasteiger partial charge >= 0.3 is 39.5 Å². The van der Waals surface area contributed by atoms with Crippen LogP contribution in [0.15, 0.2) is 0 Å². The van der Waals surface area contributed by atoms with Crippen LogP contribution in [0, 0.1) is 11.8 Å². The number of aliphatic hydroxyl groups excluding tert-OH is 1. The molecule has 0 amide bonds. The molecule has 0 bridgehead atoms. The summed E-state index contributed by atoms with van der Waals surface area (Å²) < 4.78 is 68.5. The lowest BCUT2D eigenvalue weighted by molar-refractivity contribution is -0.161. The smallest absolute Gasteiger partial charge is 0.462 e. The van der Waals surface area contributed by atoms with Crippen molar-refractivity contribution < 1.29 is 80.2 Å². The summed E-state index contributed by atoms with van der Waals surface area (Å²) in [6.45, 7) is 9.56. The molecule has 0 aromatic rings. The number of hydrogen-bond donors (Lipinski definition) is 3. The molecule has 17 nitrogen and oxygen atoms in total. The van der Waals surface area contributed by atoms with E-state index in [4.69, 9.17) is 37.0 Å². The van der Waals surface area contributed by atoms with Crippen molar-refractivity contribution in [2.75, 3.05) is 39.6 Å². The zero-order valence-corrected chi connectivity index (χ0v) is 64.5. The molecule has 0 radical (unpaired) electrons. The number of esters is 4. The highest BCUT2D eigenvalue weighted by Gasteiger charge is 2.30. The lowest BCUT2D eigenvalue weighted by atomic mass is 10.0. The van der Waals surface area contributed by atoms with Gasteiger partial charge in [0.15, 0.2) is 12.2 Å². The zero-order valence-electron chi connectivity index (χ0n) is 62.7. The van der Waals surface area contributed by atoms with Gasteiger partial charge in [-0.15, -0.1) is 0 Å². The predicted octanol–water partition coefficient (Wildman–Crippen LogP) is 22.7. The molecule has 3 N–H and O–H groups in total. The maximum atomic E-state index is 13.1. The van der Waals surface area contributed by atoms with Crippen molar-refractivity contribution in [1.82, 2.24) is 0 Å². The van der Waals surface area contributed by atoms with Crippen molar-refractivity contribution in [2.24, 2.45) is 11.8 Å². The predicted molar refractivity (Wildman–Crippen MR) is 391 cm³/mol. The molecular formula is C77H150O17P2. The summed E-state index contributed by atoms with van der Waals surface area (Å²) in [6, 6.07) is 0. The largest absolute Gasteiger partial charge is 0.472 e. The van der Waals surface area contributed by atoms with E-state index in [0.717, 1.165) is 95.8 Å². The molecule has 0 saturated carbocycles. The van der Waals surface area contributed by atoms with Crippen molar-refractivity contribution in [2.45, 2.75) is 419 Å². The van der Waals surface area contributed by atoms with E-state index in [2.05, 4.69) is 41.5 Å². The number of aliphatic hydroxyl groups is 1. The van der Waals surface area contributed by atoms with Crippen LogP contribution in [0.3, 0.4) is 0 Å². The summed E-state index contributed by atoms with van der Waals surface area (Å²) in [4.78, 5) is 72.7. The van der Waals surface area contributed by atoms with Crippen LogP contribution in [0.4, 0.5) is 0 Å². The fraction of sp³-hybridized carbons (Fsp3) is 0.948. The Morgan fingerprint density at radius 3 is 0.708 bits per heavy atom. The number of ether oxygens (including phenoxy) is 4. The Hall–Kier alpha value is -1.94. The number of carbonyl (C=O) groups excluding carboxylic acids is 4. The van der Waals surface area contributed by atoms with Crippen LogP contribution in [0.25, 0.3) is 0 Å². The quantitative estimate of drug-likeness (QED) is 0.0222. The Bertz CT molecular complexity index is 1860. The first-order valence-electron chi connectivity index (χ1n) is 40.0. The minimum absolute atomic E-state index is 0.104. The molecule has 0 rings (SSSR count). The molecular weight excluding hydrogens is 1260 g/mol. The van der Waals surface area contributed by atoms with Gasteiger partial charge in [0.1, 0.15) is 19.3 Å². The van der Waals surface area contributed by atoms with Gasteiger partial charge in [0.25, 0.3) is 0 Å². The Balaban J connectivity index is 5.18. The summed E-state index contributed by atoms with van der Waals surface area (Å²) in [5.74, 6) is -0.601. The average Bonchev–Trinajstić information content (AvgIpc) is 1.15. The molecule has 2 unspecified atom stereocenters.